The number of nitrogens with one attached hydrogen (secondary N) is 1. The van der Waals surface area contributed by atoms with Crippen molar-refractivity contribution in [3.63, 3.8) is 0 Å². The maximum Gasteiger partial charge on any atom is 0.472 e. The number of phosphoric acid groups is 1. The van der Waals surface area contributed by atoms with Gasteiger partial charge in [0.05, 0.1) is 39.9 Å². The van der Waals surface area contributed by atoms with Crippen LogP contribution < -0.4 is 5.32 Å². The molecule has 0 saturated carbocycles. The van der Waals surface area contributed by atoms with Crippen LogP contribution in [0.3, 0.4) is 0 Å². The van der Waals surface area contributed by atoms with Gasteiger partial charge in [-0.2, -0.15) is 0 Å². The van der Waals surface area contributed by atoms with E-state index in [9.17, 15) is 19.4 Å². The number of aliphatic hydroxyl groups excluding tert-OH is 1. The molecular formula is C64H120N2O6P+. The Bertz CT molecular complexity index is 1420. The number of hydrogen-bond donors (Lipinski definition) is 3. The van der Waals surface area contributed by atoms with Crippen LogP contribution in [-0.4, -0.2) is 73.4 Å². The Balaban J connectivity index is 4.27. The van der Waals surface area contributed by atoms with Crippen molar-refractivity contribution in [2.24, 2.45) is 0 Å². The van der Waals surface area contributed by atoms with Crippen LogP contribution in [0.5, 0.6) is 0 Å². The summed E-state index contributed by atoms with van der Waals surface area (Å²) in [5.74, 6) is -0.195. The molecule has 1 amide bonds. The Labute approximate surface area is 453 Å². The Morgan fingerprint density at radius 2 is 0.795 bits per heavy atom. The zero-order valence-electron chi connectivity index (χ0n) is 48.6. The van der Waals surface area contributed by atoms with Crippen molar-refractivity contribution in [2.75, 3.05) is 40.9 Å². The summed E-state index contributed by atoms with van der Waals surface area (Å²) >= 11 is 0. The zero-order chi connectivity index (χ0) is 53.5. The monoisotopic (exact) mass is 1040 g/mol. The number of unbranched alkanes of at least 4 members (excludes halogenated alkanes) is 33. The van der Waals surface area contributed by atoms with Gasteiger partial charge >= 0.3 is 7.82 Å². The van der Waals surface area contributed by atoms with Gasteiger partial charge < -0.3 is 19.8 Å². The van der Waals surface area contributed by atoms with E-state index in [0.29, 0.717) is 17.4 Å². The lowest BCUT2D eigenvalue weighted by Gasteiger charge is -2.25. The summed E-state index contributed by atoms with van der Waals surface area (Å²) in [6.45, 7) is 4.79. The van der Waals surface area contributed by atoms with Crippen molar-refractivity contribution in [2.45, 2.75) is 289 Å². The van der Waals surface area contributed by atoms with Crippen molar-refractivity contribution in [1.82, 2.24) is 5.32 Å². The second-order valence-electron chi connectivity index (χ2n) is 22.1. The number of aliphatic hydroxyl groups is 1. The molecule has 8 nitrogen and oxygen atoms in total. The van der Waals surface area contributed by atoms with Crippen LogP contribution in [0.2, 0.25) is 0 Å². The summed E-state index contributed by atoms with van der Waals surface area (Å²) < 4.78 is 23.7. The van der Waals surface area contributed by atoms with Gasteiger partial charge in [0.1, 0.15) is 13.2 Å². The highest BCUT2D eigenvalue weighted by Gasteiger charge is 2.27. The predicted octanol–water partition coefficient (Wildman–Crippen LogP) is 19.0. The summed E-state index contributed by atoms with van der Waals surface area (Å²) in [7, 11) is 1.54. The normalized spacial score (nSPS) is 14.3. The molecule has 0 aromatic carbocycles. The smallest absolute Gasteiger partial charge is 0.387 e. The number of likely N-dealkylation sites (N-methyl/N-ethyl adjacent to an activating group) is 1. The summed E-state index contributed by atoms with van der Waals surface area (Å²) in [6, 6.07) is -0.877. The van der Waals surface area contributed by atoms with Crippen molar-refractivity contribution in [3.8, 4) is 0 Å². The molecule has 73 heavy (non-hydrogen) atoms. The lowest BCUT2D eigenvalue weighted by molar-refractivity contribution is -0.870. The standard InChI is InChI=1S/C64H119N2O6P/c1-6-8-10-12-14-16-18-20-22-24-26-28-30-32-34-35-37-39-41-43-45-47-49-51-53-55-57-63(67)62(61-72-73(69,70)71-60-59-66(3,4)5)65-64(68)58-56-54-52-50-48-46-44-42-40-38-36-33-31-29-27-25-23-21-19-17-15-13-11-9-7-2/h19,21,25,27,31,33,39,41,47,49,55,57,62-63,67H,6-18,20,22-24,26,28-30,32,34-38,40,42-46,48,50-54,56,58-61H2,1-5H3,(H-,65,68,69,70)/p+1/b21-19-,27-25-,33-31-,41-39+,49-47+,57-55+. The fraction of sp³-hybridized carbons (Fsp3) is 0.797. The number of nitrogens with zero attached hydrogens (tertiary/aromatic N) is 1. The third-order valence-electron chi connectivity index (χ3n) is 13.6. The Morgan fingerprint density at radius 1 is 0.466 bits per heavy atom. The second-order valence-corrected chi connectivity index (χ2v) is 23.5. The van der Waals surface area contributed by atoms with Gasteiger partial charge in [-0.3, -0.25) is 13.8 Å². The molecule has 0 radical (unpaired) electrons. The molecule has 0 rings (SSSR count). The van der Waals surface area contributed by atoms with Gasteiger partial charge in [0.25, 0.3) is 0 Å². The number of allylic oxidation sites excluding steroid dienone is 11. The molecule has 9 heteroatoms. The quantitative estimate of drug-likeness (QED) is 0.0243. The van der Waals surface area contributed by atoms with E-state index in [1.807, 2.05) is 27.2 Å². The maximum atomic E-state index is 13.0. The molecule has 3 unspecified atom stereocenters. The number of amides is 1. The maximum absolute atomic E-state index is 13.0. The van der Waals surface area contributed by atoms with Crippen molar-refractivity contribution in [3.05, 3.63) is 72.9 Å². The Hall–Kier alpha value is -2.06. The molecular weight excluding hydrogens is 924 g/mol. The first-order valence-electron chi connectivity index (χ1n) is 30.8. The predicted molar refractivity (Wildman–Crippen MR) is 318 cm³/mol. The number of carbonyl (C=O) groups excluding carboxylic acids is 1. The van der Waals surface area contributed by atoms with Gasteiger partial charge in [0.15, 0.2) is 0 Å². The molecule has 0 aromatic heterocycles. The van der Waals surface area contributed by atoms with Crippen molar-refractivity contribution < 1.29 is 32.9 Å². The molecule has 0 heterocycles. The summed E-state index contributed by atoms with van der Waals surface area (Å²) in [4.78, 5) is 23.3. The summed E-state index contributed by atoms with van der Waals surface area (Å²) in [5, 5.41) is 13.9. The van der Waals surface area contributed by atoms with E-state index >= 15 is 0 Å². The first kappa shape index (κ1) is 70.9. The van der Waals surface area contributed by atoms with Crippen LogP contribution in [0.1, 0.15) is 277 Å². The molecule has 0 aliphatic carbocycles. The van der Waals surface area contributed by atoms with Gasteiger partial charge in [-0.1, -0.05) is 260 Å². The topological polar surface area (TPSA) is 105 Å². The summed E-state index contributed by atoms with van der Waals surface area (Å²) in [6.07, 6.45) is 75.9. The molecule has 3 N–H and O–H groups in total. The fourth-order valence-electron chi connectivity index (χ4n) is 8.79. The van der Waals surface area contributed by atoms with Crippen LogP contribution in [-0.2, 0) is 18.4 Å². The van der Waals surface area contributed by atoms with Crippen molar-refractivity contribution in [1.29, 1.82) is 0 Å². The van der Waals surface area contributed by atoms with Gasteiger partial charge in [0.2, 0.25) is 5.91 Å². The van der Waals surface area contributed by atoms with Crippen LogP contribution in [0.25, 0.3) is 0 Å². The highest BCUT2D eigenvalue weighted by molar-refractivity contribution is 7.47. The molecule has 0 aromatic rings. The number of rotatable bonds is 56. The van der Waals surface area contributed by atoms with E-state index in [4.69, 9.17) is 9.05 Å². The highest BCUT2D eigenvalue weighted by atomic mass is 31.2. The first-order chi connectivity index (χ1) is 35.5. The third-order valence-corrected chi connectivity index (χ3v) is 14.6. The van der Waals surface area contributed by atoms with E-state index in [1.165, 1.54) is 199 Å². The lowest BCUT2D eigenvalue weighted by Crippen LogP contribution is -2.45. The number of phosphoric ester groups is 1. The van der Waals surface area contributed by atoms with E-state index in [2.05, 4.69) is 79.9 Å². The van der Waals surface area contributed by atoms with Crippen LogP contribution in [0.15, 0.2) is 72.9 Å². The van der Waals surface area contributed by atoms with Gasteiger partial charge in [-0.25, -0.2) is 4.57 Å². The molecule has 0 spiro atoms. The fourth-order valence-corrected chi connectivity index (χ4v) is 9.52. The average molecular weight is 1040 g/mol. The largest absolute Gasteiger partial charge is 0.472 e. The van der Waals surface area contributed by atoms with Crippen molar-refractivity contribution >= 4 is 13.7 Å². The van der Waals surface area contributed by atoms with E-state index in [0.717, 1.165) is 57.8 Å². The lowest BCUT2D eigenvalue weighted by atomic mass is 10.0. The molecule has 0 aliphatic heterocycles. The molecule has 3 atom stereocenters. The van der Waals surface area contributed by atoms with Gasteiger partial charge in [-0.15, -0.1) is 0 Å². The Kier molecular flexibility index (Phi) is 53.2. The van der Waals surface area contributed by atoms with Crippen LogP contribution in [0, 0.1) is 0 Å². The molecule has 0 bridgehead atoms. The number of carbonyl (C=O) groups is 1. The van der Waals surface area contributed by atoms with Crippen LogP contribution in [0.4, 0.5) is 0 Å². The number of quaternary nitrogens is 1. The minimum absolute atomic E-state index is 0.0501. The van der Waals surface area contributed by atoms with Gasteiger partial charge in [-0.05, 0) is 83.5 Å². The van der Waals surface area contributed by atoms with E-state index < -0.39 is 20.0 Å². The number of hydrogen-bond acceptors (Lipinski definition) is 5. The molecule has 426 valence electrons. The second kappa shape index (κ2) is 54.7. The minimum Gasteiger partial charge on any atom is -0.387 e. The van der Waals surface area contributed by atoms with E-state index in [-0.39, 0.29) is 19.1 Å². The SMILES string of the molecule is CCCCCCC/C=C\C/C=C\C/C=C\CCCCCCCCCCCCC(=O)NC(COP(=O)(O)OCC[N+](C)(C)C)C(O)/C=C/CC/C=C/CC/C=C/CCCCCCCCCCCCCCCCCC. The Morgan fingerprint density at radius 3 is 1.19 bits per heavy atom. The third kappa shape index (κ3) is 57.5. The van der Waals surface area contributed by atoms with E-state index in [1.54, 1.807) is 6.08 Å². The molecule has 0 saturated heterocycles. The highest BCUT2D eigenvalue weighted by Crippen LogP contribution is 2.43. The average Bonchev–Trinajstić information content (AvgIpc) is 3.35. The van der Waals surface area contributed by atoms with Gasteiger partial charge in [0, 0.05) is 6.42 Å². The summed E-state index contributed by atoms with van der Waals surface area (Å²) in [5.41, 5.74) is 0. The minimum atomic E-state index is -4.37. The molecule has 0 fully saturated rings. The van der Waals surface area contributed by atoms with Crippen LogP contribution >= 0.6 is 7.82 Å². The zero-order valence-corrected chi connectivity index (χ0v) is 49.5. The molecule has 0 aliphatic rings. The first-order valence-corrected chi connectivity index (χ1v) is 32.3.